The van der Waals surface area contributed by atoms with Gasteiger partial charge in [0.05, 0.1) is 19.8 Å². The predicted octanol–water partition coefficient (Wildman–Crippen LogP) is 3.03. The highest BCUT2D eigenvalue weighted by Crippen LogP contribution is 2.42. The molecule has 20 heavy (non-hydrogen) atoms. The number of hydrogen-bond acceptors (Lipinski definition) is 5. The van der Waals surface area contributed by atoms with Gasteiger partial charge >= 0.3 is 0 Å². The normalized spacial score (nSPS) is 26.8. The third-order valence-corrected chi connectivity index (χ3v) is 5.17. The van der Waals surface area contributed by atoms with Crippen LogP contribution >= 0.6 is 11.8 Å². The van der Waals surface area contributed by atoms with E-state index in [4.69, 9.17) is 9.47 Å². The summed E-state index contributed by atoms with van der Waals surface area (Å²) in [4.78, 5) is 4.59. The second-order valence-corrected chi connectivity index (χ2v) is 6.69. The number of rotatable bonds is 3. The molecule has 106 valence electrons. The first-order valence-electron chi connectivity index (χ1n) is 7.20. The van der Waals surface area contributed by atoms with Gasteiger partial charge in [-0.25, -0.2) is 0 Å². The Bertz CT molecular complexity index is 507. The zero-order chi connectivity index (χ0) is 13.4. The molecule has 4 nitrogen and oxygen atoms in total. The highest BCUT2D eigenvalue weighted by atomic mass is 32.2. The average Bonchev–Trinajstić information content (AvgIpc) is 3.00. The molecule has 4 rings (SSSR count). The lowest BCUT2D eigenvalue weighted by atomic mass is 10.2. The SMILES string of the molecule is c1cc(C2OCCO2)ccc1NC1=NCC(C2CC2)S1. The number of ether oxygens (including phenoxy) is 2. The summed E-state index contributed by atoms with van der Waals surface area (Å²) in [6.45, 7) is 2.33. The molecule has 0 aromatic heterocycles. The number of amidine groups is 1. The third kappa shape index (κ3) is 2.71. The molecule has 1 aromatic carbocycles. The maximum Gasteiger partial charge on any atom is 0.184 e. The van der Waals surface area contributed by atoms with E-state index in [9.17, 15) is 0 Å². The van der Waals surface area contributed by atoms with Crippen LogP contribution in [0.4, 0.5) is 5.69 Å². The van der Waals surface area contributed by atoms with Crippen LogP contribution in [-0.2, 0) is 9.47 Å². The number of anilines is 1. The third-order valence-electron chi connectivity index (χ3n) is 3.88. The van der Waals surface area contributed by atoms with Crippen molar-refractivity contribution in [3.63, 3.8) is 0 Å². The van der Waals surface area contributed by atoms with E-state index in [0.717, 1.165) is 28.9 Å². The number of nitrogens with zero attached hydrogens (tertiary/aromatic N) is 1. The molecule has 2 aliphatic heterocycles. The fourth-order valence-electron chi connectivity index (χ4n) is 2.57. The van der Waals surface area contributed by atoms with E-state index in [0.29, 0.717) is 18.5 Å². The molecule has 0 bridgehead atoms. The minimum Gasteiger partial charge on any atom is -0.346 e. The Morgan fingerprint density at radius 3 is 2.55 bits per heavy atom. The van der Waals surface area contributed by atoms with Crippen LogP contribution in [0.5, 0.6) is 0 Å². The molecule has 0 radical (unpaired) electrons. The zero-order valence-corrected chi connectivity index (χ0v) is 12.1. The van der Waals surface area contributed by atoms with Crippen LogP contribution < -0.4 is 5.32 Å². The lowest BCUT2D eigenvalue weighted by molar-refractivity contribution is -0.0441. The van der Waals surface area contributed by atoms with Gasteiger partial charge in [0.15, 0.2) is 11.5 Å². The minimum absolute atomic E-state index is 0.193. The molecule has 0 spiro atoms. The Morgan fingerprint density at radius 2 is 1.85 bits per heavy atom. The van der Waals surface area contributed by atoms with Gasteiger partial charge in [-0.2, -0.15) is 0 Å². The van der Waals surface area contributed by atoms with Gasteiger partial charge in [-0.15, -0.1) is 0 Å². The highest BCUT2D eigenvalue weighted by molar-refractivity contribution is 8.15. The molecule has 1 atom stereocenters. The lowest BCUT2D eigenvalue weighted by Gasteiger charge is -2.11. The maximum absolute atomic E-state index is 5.49. The maximum atomic E-state index is 5.49. The summed E-state index contributed by atoms with van der Waals surface area (Å²) >= 11 is 1.90. The Morgan fingerprint density at radius 1 is 1.10 bits per heavy atom. The van der Waals surface area contributed by atoms with Gasteiger partial charge < -0.3 is 14.8 Å². The fraction of sp³-hybridized carbons (Fsp3) is 0.533. The van der Waals surface area contributed by atoms with Crippen molar-refractivity contribution in [2.75, 3.05) is 25.1 Å². The van der Waals surface area contributed by atoms with Crippen LogP contribution in [0.25, 0.3) is 0 Å². The summed E-state index contributed by atoms with van der Waals surface area (Å²) in [5.74, 6) is 0.905. The monoisotopic (exact) mass is 290 g/mol. The topological polar surface area (TPSA) is 42.9 Å². The van der Waals surface area contributed by atoms with E-state index in [1.165, 1.54) is 12.8 Å². The van der Waals surface area contributed by atoms with Crippen LogP contribution in [0.2, 0.25) is 0 Å². The van der Waals surface area contributed by atoms with Gasteiger partial charge in [0.2, 0.25) is 0 Å². The Kier molecular flexibility index (Phi) is 3.42. The van der Waals surface area contributed by atoms with Crippen molar-refractivity contribution in [3.8, 4) is 0 Å². The summed E-state index contributed by atoms with van der Waals surface area (Å²) < 4.78 is 11.0. The average molecular weight is 290 g/mol. The number of thioether (sulfide) groups is 1. The van der Waals surface area contributed by atoms with E-state index < -0.39 is 0 Å². The van der Waals surface area contributed by atoms with E-state index in [1.54, 1.807) is 0 Å². The number of aliphatic imine (C=N–C) groups is 1. The van der Waals surface area contributed by atoms with Crippen molar-refractivity contribution in [1.29, 1.82) is 0 Å². The predicted molar refractivity (Wildman–Crippen MR) is 81.1 cm³/mol. The van der Waals surface area contributed by atoms with Crippen LogP contribution in [0.15, 0.2) is 29.3 Å². The van der Waals surface area contributed by atoms with Crippen molar-refractivity contribution < 1.29 is 9.47 Å². The van der Waals surface area contributed by atoms with Gasteiger partial charge in [0.25, 0.3) is 0 Å². The number of benzene rings is 1. The van der Waals surface area contributed by atoms with Crippen LogP contribution in [-0.4, -0.2) is 30.2 Å². The van der Waals surface area contributed by atoms with Crippen molar-refractivity contribution >= 4 is 22.6 Å². The van der Waals surface area contributed by atoms with Crippen LogP contribution in [0.1, 0.15) is 24.7 Å². The molecule has 5 heteroatoms. The second-order valence-electron chi connectivity index (χ2n) is 5.46. The molecule has 3 aliphatic rings. The number of hydrogen-bond donors (Lipinski definition) is 1. The van der Waals surface area contributed by atoms with Crippen molar-refractivity contribution in [2.45, 2.75) is 24.4 Å². The fourth-order valence-corrected chi connectivity index (χ4v) is 3.80. The van der Waals surface area contributed by atoms with Crippen molar-refractivity contribution in [1.82, 2.24) is 0 Å². The smallest absolute Gasteiger partial charge is 0.184 e. The summed E-state index contributed by atoms with van der Waals surface area (Å²) in [6, 6.07) is 8.23. The molecule has 1 saturated carbocycles. The second kappa shape index (κ2) is 5.39. The van der Waals surface area contributed by atoms with E-state index in [1.807, 2.05) is 11.8 Å². The first-order chi connectivity index (χ1) is 9.88. The first-order valence-corrected chi connectivity index (χ1v) is 8.08. The molecule has 1 aliphatic carbocycles. The van der Waals surface area contributed by atoms with Crippen molar-refractivity contribution in [2.24, 2.45) is 10.9 Å². The van der Waals surface area contributed by atoms with Crippen LogP contribution in [0.3, 0.4) is 0 Å². The van der Waals surface area contributed by atoms with Gasteiger partial charge in [-0.3, -0.25) is 4.99 Å². The summed E-state index contributed by atoms with van der Waals surface area (Å²) in [5.41, 5.74) is 2.15. The number of nitrogens with one attached hydrogen (secondary N) is 1. The molecule has 1 aromatic rings. The Balaban J connectivity index is 1.37. The van der Waals surface area contributed by atoms with E-state index in [2.05, 4.69) is 34.6 Å². The summed E-state index contributed by atoms with van der Waals surface area (Å²) in [7, 11) is 0. The lowest BCUT2D eigenvalue weighted by Crippen LogP contribution is -2.09. The molecule has 1 unspecified atom stereocenters. The van der Waals surface area contributed by atoms with E-state index >= 15 is 0 Å². The first kappa shape index (κ1) is 12.7. The van der Waals surface area contributed by atoms with E-state index in [-0.39, 0.29) is 6.29 Å². The van der Waals surface area contributed by atoms with Gasteiger partial charge in [0.1, 0.15) is 0 Å². The molecule has 1 N–H and O–H groups in total. The quantitative estimate of drug-likeness (QED) is 0.929. The van der Waals surface area contributed by atoms with Gasteiger partial charge in [-0.05, 0) is 30.9 Å². The molecule has 1 saturated heterocycles. The van der Waals surface area contributed by atoms with Crippen molar-refractivity contribution in [3.05, 3.63) is 29.8 Å². The molecular weight excluding hydrogens is 272 g/mol. The summed E-state index contributed by atoms with van der Waals surface area (Å²) in [5, 5.41) is 5.17. The highest BCUT2D eigenvalue weighted by Gasteiger charge is 2.35. The molecule has 0 amide bonds. The largest absolute Gasteiger partial charge is 0.346 e. The molecule has 2 heterocycles. The van der Waals surface area contributed by atoms with Gasteiger partial charge in [-0.1, -0.05) is 23.9 Å². The minimum atomic E-state index is -0.193. The summed E-state index contributed by atoms with van der Waals surface area (Å²) in [6.07, 6.45) is 2.58. The van der Waals surface area contributed by atoms with Gasteiger partial charge in [0, 0.05) is 16.5 Å². The molecular formula is C15H18N2O2S. The zero-order valence-electron chi connectivity index (χ0n) is 11.2. The molecule has 2 fully saturated rings. The Labute approximate surface area is 122 Å². The van der Waals surface area contributed by atoms with Crippen LogP contribution in [0, 0.1) is 5.92 Å². The standard InChI is InChI=1S/C15H18N2O2S/c1-2-10(1)13-9-16-15(20-13)17-12-5-3-11(4-6-12)14-18-7-8-19-14/h3-6,10,13-14H,1-2,7-9H2,(H,16,17). The Hall–Kier alpha value is -1.04.